The highest BCUT2D eigenvalue weighted by Crippen LogP contribution is 2.30. The molecule has 46 heavy (non-hydrogen) atoms. The fourth-order valence-electron chi connectivity index (χ4n) is 4.98. The highest BCUT2D eigenvalue weighted by Gasteiger charge is 2.54. The summed E-state index contributed by atoms with van der Waals surface area (Å²) >= 11 is 0. The van der Waals surface area contributed by atoms with E-state index in [1.54, 1.807) is 20.8 Å². The number of amides is 2. The number of carbonyl (C=O) groups is 6. The molecule has 0 aromatic rings. The molecule has 0 aromatic carbocycles. The lowest BCUT2D eigenvalue weighted by atomic mass is 9.93. The third kappa shape index (κ3) is 16.8. The van der Waals surface area contributed by atoms with Crippen molar-refractivity contribution in [2.24, 2.45) is 0 Å². The molecular formula is C32H54N2O12. The first-order valence-corrected chi connectivity index (χ1v) is 16.1. The van der Waals surface area contributed by atoms with E-state index in [1.165, 1.54) is 25.7 Å². The second kappa shape index (κ2) is 20.7. The molecule has 264 valence electrons. The van der Waals surface area contributed by atoms with Crippen LogP contribution >= 0.6 is 0 Å². The summed E-state index contributed by atoms with van der Waals surface area (Å²) in [6.07, 6.45) is 0.971. The molecule has 0 unspecified atom stereocenters. The van der Waals surface area contributed by atoms with Gasteiger partial charge in [-0.15, -0.1) is 0 Å². The van der Waals surface area contributed by atoms with Crippen molar-refractivity contribution >= 4 is 35.9 Å². The Hall–Kier alpha value is -3.42. The summed E-state index contributed by atoms with van der Waals surface area (Å²) < 4.78 is 32.6. The lowest BCUT2D eigenvalue weighted by Gasteiger charge is -2.44. The first kappa shape index (κ1) is 40.6. The molecule has 1 saturated heterocycles. The van der Waals surface area contributed by atoms with Gasteiger partial charge in [-0.2, -0.15) is 0 Å². The average Bonchev–Trinajstić information content (AvgIpc) is 2.91. The third-order valence-corrected chi connectivity index (χ3v) is 6.85. The SMILES string of the molecule is CCCCCCCCCCC[C@@H](NC(=O)OC(C)(C)C)NC(=O)[C@@H]1O[C@H](COC(C)=O)[C@@H](OC(C)=O)[C@H](OC(C)=O)[C@H]1OC(C)=O. The van der Waals surface area contributed by atoms with Gasteiger partial charge < -0.3 is 39.1 Å². The highest BCUT2D eigenvalue weighted by atomic mass is 16.7. The van der Waals surface area contributed by atoms with Crippen LogP contribution in [-0.4, -0.2) is 84.8 Å². The molecule has 0 saturated carbocycles. The van der Waals surface area contributed by atoms with Crippen LogP contribution in [0.4, 0.5) is 4.79 Å². The molecule has 1 heterocycles. The Morgan fingerprint density at radius 2 is 1.17 bits per heavy atom. The molecule has 6 atom stereocenters. The maximum absolute atomic E-state index is 13.8. The largest absolute Gasteiger partial charge is 0.463 e. The van der Waals surface area contributed by atoms with Crippen molar-refractivity contribution in [2.75, 3.05) is 6.61 Å². The molecule has 2 amide bonds. The topological polar surface area (TPSA) is 182 Å². The number of rotatable bonds is 18. The summed E-state index contributed by atoms with van der Waals surface area (Å²) in [5.41, 5.74) is -0.795. The van der Waals surface area contributed by atoms with Crippen molar-refractivity contribution in [1.29, 1.82) is 0 Å². The van der Waals surface area contributed by atoms with Crippen molar-refractivity contribution in [2.45, 2.75) is 162 Å². The van der Waals surface area contributed by atoms with Crippen molar-refractivity contribution < 1.29 is 57.2 Å². The predicted octanol–water partition coefficient (Wildman–Crippen LogP) is 4.00. The fourth-order valence-corrected chi connectivity index (χ4v) is 4.98. The molecule has 14 heteroatoms. The normalized spacial score (nSPS) is 21.7. The third-order valence-electron chi connectivity index (χ3n) is 6.85. The first-order valence-electron chi connectivity index (χ1n) is 16.1. The number of carbonyl (C=O) groups excluding carboxylic acids is 6. The average molecular weight is 659 g/mol. The summed E-state index contributed by atoms with van der Waals surface area (Å²) in [7, 11) is 0. The number of unbranched alkanes of at least 4 members (excludes halogenated alkanes) is 8. The van der Waals surface area contributed by atoms with Crippen molar-refractivity contribution in [1.82, 2.24) is 10.6 Å². The van der Waals surface area contributed by atoms with Gasteiger partial charge in [0.1, 0.15) is 24.5 Å². The van der Waals surface area contributed by atoms with Crippen LogP contribution in [0.15, 0.2) is 0 Å². The van der Waals surface area contributed by atoms with Crippen molar-refractivity contribution in [3.05, 3.63) is 0 Å². The molecule has 14 nitrogen and oxygen atoms in total. The van der Waals surface area contributed by atoms with Crippen LogP contribution in [0.2, 0.25) is 0 Å². The molecule has 0 aromatic heterocycles. The van der Waals surface area contributed by atoms with Gasteiger partial charge in [-0.3, -0.25) is 24.0 Å². The lowest BCUT2D eigenvalue weighted by Crippen LogP contribution is -2.66. The van der Waals surface area contributed by atoms with Crippen LogP contribution in [0.3, 0.4) is 0 Å². The number of hydrogen-bond acceptors (Lipinski definition) is 12. The van der Waals surface area contributed by atoms with E-state index in [0.29, 0.717) is 12.8 Å². The molecule has 0 bridgehead atoms. The number of alkyl carbamates (subject to hydrolysis) is 1. The highest BCUT2D eigenvalue weighted by molar-refractivity contribution is 5.83. The number of hydrogen-bond donors (Lipinski definition) is 2. The van der Waals surface area contributed by atoms with Crippen LogP contribution < -0.4 is 10.6 Å². The van der Waals surface area contributed by atoms with Gasteiger partial charge in [0, 0.05) is 27.7 Å². The molecule has 0 aliphatic carbocycles. The van der Waals surface area contributed by atoms with Gasteiger partial charge in [0.2, 0.25) is 0 Å². The number of nitrogens with one attached hydrogen (secondary N) is 2. The fraction of sp³-hybridized carbons (Fsp3) is 0.812. The number of esters is 4. The minimum Gasteiger partial charge on any atom is -0.463 e. The Morgan fingerprint density at radius 3 is 1.67 bits per heavy atom. The second-order valence-corrected chi connectivity index (χ2v) is 12.4. The lowest BCUT2D eigenvalue weighted by molar-refractivity contribution is -0.249. The van der Waals surface area contributed by atoms with E-state index >= 15 is 0 Å². The first-order chi connectivity index (χ1) is 21.5. The minimum atomic E-state index is -1.62. The van der Waals surface area contributed by atoms with Gasteiger partial charge in [-0.05, 0) is 33.6 Å². The summed E-state index contributed by atoms with van der Waals surface area (Å²) in [6, 6.07) is 0. The van der Waals surface area contributed by atoms with Crippen LogP contribution in [0.25, 0.3) is 0 Å². The molecule has 2 N–H and O–H groups in total. The van der Waals surface area contributed by atoms with Crippen molar-refractivity contribution in [3.63, 3.8) is 0 Å². The molecule has 1 fully saturated rings. The second-order valence-electron chi connectivity index (χ2n) is 12.4. The zero-order chi connectivity index (χ0) is 34.9. The Morgan fingerprint density at radius 1 is 0.674 bits per heavy atom. The van der Waals surface area contributed by atoms with Gasteiger partial charge in [0.25, 0.3) is 5.91 Å². The minimum absolute atomic E-state index is 0.353. The van der Waals surface area contributed by atoms with Crippen LogP contribution in [0, 0.1) is 0 Å². The number of ether oxygens (including phenoxy) is 6. The van der Waals surface area contributed by atoms with Gasteiger partial charge in [0.15, 0.2) is 24.4 Å². The Kier molecular flexibility index (Phi) is 18.2. The van der Waals surface area contributed by atoms with E-state index in [4.69, 9.17) is 28.4 Å². The summed E-state index contributed by atoms with van der Waals surface area (Å²) in [6.45, 7) is 11.3. The van der Waals surface area contributed by atoms with E-state index in [0.717, 1.165) is 53.4 Å². The van der Waals surface area contributed by atoms with E-state index < -0.39 is 84.8 Å². The molecule has 1 rings (SSSR count). The predicted molar refractivity (Wildman–Crippen MR) is 165 cm³/mol. The molecule has 0 spiro atoms. The monoisotopic (exact) mass is 658 g/mol. The summed E-state index contributed by atoms with van der Waals surface area (Å²) in [5, 5.41) is 5.40. The standard InChI is InChI=1S/C32H54N2O12/c1-9-10-11-12-13-14-15-16-17-18-25(34-31(40)46-32(6,7)8)33-30(39)29-28(44-23(5)38)27(43-22(4)37)26(42-21(3)36)24(45-29)19-41-20(2)35/h24-29H,9-19H2,1-8H3,(H,33,39)(H,34,40)/t24-,25-,26-,27+,28-,29-/m1/s1. The zero-order valence-electron chi connectivity index (χ0n) is 28.6. The molecule has 0 radical (unpaired) electrons. The van der Waals surface area contributed by atoms with Crippen molar-refractivity contribution in [3.8, 4) is 0 Å². The zero-order valence-corrected chi connectivity index (χ0v) is 28.6. The van der Waals surface area contributed by atoms with E-state index in [2.05, 4.69) is 17.6 Å². The van der Waals surface area contributed by atoms with Crippen LogP contribution in [0.5, 0.6) is 0 Å². The van der Waals surface area contributed by atoms with E-state index in [-0.39, 0.29) is 0 Å². The van der Waals surface area contributed by atoms with Gasteiger partial charge in [-0.25, -0.2) is 4.79 Å². The maximum atomic E-state index is 13.8. The Balaban J connectivity index is 3.23. The van der Waals surface area contributed by atoms with Crippen LogP contribution in [0.1, 0.15) is 120 Å². The van der Waals surface area contributed by atoms with Gasteiger partial charge in [0.05, 0.1) is 0 Å². The summed E-state index contributed by atoms with van der Waals surface area (Å²) in [4.78, 5) is 74.3. The van der Waals surface area contributed by atoms with E-state index in [1.807, 2.05) is 0 Å². The quantitative estimate of drug-likeness (QED) is 0.0936. The van der Waals surface area contributed by atoms with Crippen LogP contribution in [-0.2, 0) is 52.4 Å². The maximum Gasteiger partial charge on any atom is 0.409 e. The van der Waals surface area contributed by atoms with Gasteiger partial charge in [-0.1, -0.05) is 58.3 Å². The molecular weight excluding hydrogens is 604 g/mol. The Labute approximate surface area is 272 Å². The molecule has 1 aliphatic heterocycles. The summed E-state index contributed by atoms with van der Waals surface area (Å²) in [5.74, 6) is -3.94. The smallest absolute Gasteiger partial charge is 0.409 e. The molecule has 1 aliphatic rings. The van der Waals surface area contributed by atoms with Gasteiger partial charge >= 0.3 is 30.0 Å². The van der Waals surface area contributed by atoms with E-state index in [9.17, 15) is 28.8 Å². The Bertz CT molecular complexity index is 1010.